The number of rotatable bonds is 6. The Labute approximate surface area is 93.6 Å². The Hall–Kier alpha value is -0.570. The van der Waals surface area contributed by atoms with Gasteiger partial charge in [-0.2, -0.15) is 0 Å². The summed E-state index contributed by atoms with van der Waals surface area (Å²) in [6, 6.07) is 0.430. The smallest absolute Gasteiger partial charge is 0.312 e. The summed E-state index contributed by atoms with van der Waals surface area (Å²) in [5.74, 6) is 0.463. The quantitative estimate of drug-likeness (QED) is 0.690. The molecule has 15 heavy (non-hydrogen) atoms. The van der Waals surface area contributed by atoms with E-state index < -0.39 is 5.41 Å². The van der Waals surface area contributed by atoms with Crippen LogP contribution in [-0.2, 0) is 9.53 Å². The Morgan fingerprint density at radius 2 is 1.93 bits per heavy atom. The second kappa shape index (κ2) is 6.11. The number of hydrogen-bond donors (Lipinski definition) is 1. The van der Waals surface area contributed by atoms with Crippen molar-refractivity contribution in [1.29, 1.82) is 0 Å². The van der Waals surface area contributed by atoms with Crippen molar-refractivity contribution < 1.29 is 9.53 Å². The number of carbonyl (C=O) groups excluding carboxylic acids is 1. The Morgan fingerprint density at radius 1 is 1.40 bits per heavy atom. The predicted octanol–water partition coefficient (Wildman–Crippen LogP) is 2.21. The van der Waals surface area contributed by atoms with Crippen LogP contribution < -0.4 is 5.32 Å². The first-order chi connectivity index (χ1) is 6.85. The largest absolute Gasteiger partial charge is 0.469 e. The van der Waals surface area contributed by atoms with E-state index in [0.29, 0.717) is 18.5 Å². The van der Waals surface area contributed by atoms with Gasteiger partial charge in [0.25, 0.3) is 0 Å². The Bertz CT molecular complexity index is 202. The highest BCUT2D eigenvalue weighted by Gasteiger charge is 2.29. The van der Waals surface area contributed by atoms with Crippen LogP contribution in [0.2, 0.25) is 0 Å². The van der Waals surface area contributed by atoms with Crippen molar-refractivity contribution in [3.05, 3.63) is 0 Å². The number of nitrogens with one attached hydrogen (secondary N) is 1. The molecule has 1 N–H and O–H groups in total. The molecule has 90 valence electrons. The second-order valence-corrected chi connectivity index (χ2v) is 4.93. The van der Waals surface area contributed by atoms with Gasteiger partial charge < -0.3 is 10.1 Å². The first-order valence-corrected chi connectivity index (χ1v) is 5.67. The van der Waals surface area contributed by atoms with Gasteiger partial charge in [0.2, 0.25) is 0 Å². The van der Waals surface area contributed by atoms with Crippen LogP contribution >= 0.6 is 0 Å². The topological polar surface area (TPSA) is 38.3 Å². The van der Waals surface area contributed by atoms with Crippen LogP contribution in [-0.4, -0.2) is 25.7 Å². The van der Waals surface area contributed by atoms with E-state index in [1.54, 1.807) is 0 Å². The van der Waals surface area contributed by atoms with E-state index in [9.17, 15) is 4.79 Å². The van der Waals surface area contributed by atoms with Gasteiger partial charge in [-0.25, -0.2) is 0 Å². The third-order valence-corrected chi connectivity index (χ3v) is 3.10. The fraction of sp³-hybridized carbons (Fsp3) is 0.917. The van der Waals surface area contributed by atoms with Crippen molar-refractivity contribution in [2.45, 2.75) is 47.1 Å². The van der Waals surface area contributed by atoms with Crippen molar-refractivity contribution in [3.63, 3.8) is 0 Å². The molecular weight excluding hydrogens is 190 g/mol. The van der Waals surface area contributed by atoms with E-state index in [2.05, 4.69) is 26.1 Å². The van der Waals surface area contributed by atoms with E-state index in [4.69, 9.17) is 4.74 Å². The number of esters is 1. The molecular formula is C12H25NO2. The fourth-order valence-corrected chi connectivity index (χ4v) is 1.32. The van der Waals surface area contributed by atoms with Crippen LogP contribution in [0.4, 0.5) is 0 Å². The summed E-state index contributed by atoms with van der Waals surface area (Å²) in [5.41, 5.74) is -0.448. The summed E-state index contributed by atoms with van der Waals surface area (Å²) in [4.78, 5) is 11.4. The highest BCUT2D eigenvalue weighted by atomic mass is 16.5. The molecule has 3 heteroatoms. The second-order valence-electron chi connectivity index (χ2n) is 4.93. The van der Waals surface area contributed by atoms with Gasteiger partial charge in [-0.05, 0) is 26.7 Å². The summed E-state index contributed by atoms with van der Waals surface area (Å²) in [5, 5.41) is 3.39. The number of hydrogen-bond acceptors (Lipinski definition) is 3. The summed E-state index contributed by atoms with van der Waals surface area (Å²) >= 11 is 0. The molecule has 2 atom stereocenters. The zero-order valence-electron chi connectivity index (χ0n) is 10.9. The lowest BCUT2D eigenvalue weighted by atomic mass is 9.92. The molecule has 0 aliphatic rings. The van der Waals surface area contributed by atoms with Crippen molar-refractivity contribution in [2.24, 2.45) is 11.3 Å². The monoisotopic (exact) mass is 215 g/mol. The molecule has 0 aromatic rings. The van der Waals surface area contributed by atoms with Crippen LogP contribution in [0.5, 0.6) is 0 Å². The van der Waals surface area contributed by atoms with Gasteiger partial charge in [0.15, 0.2) is 0 Å². The molecule has 0 aliphatic carbocycles. The molecule has 0 spiro atoms. The normalized spacial score (nSPS) is 15.9. The minimum atomic E-state index is -0.448. The van der Waals surface area contributed by atoms with Crippen molar-refractivity contribution in [1.82, 2.24) is 5.32 Å². The van der Waals surface area contributed by atoms with E-state index >= 15 is 0 Å². The SMILES string of the molecule is CCC(C)C(C)NCC(C)(C)C(=O)OC. The Balaban J connectivity index is 4.08. The molecule has 0 rings (SSSR count). The average molecular weight is 215 g/mol. The van der Waals surface area contributed by atoms with Crippen LogP contribution in [0.3, 0.4) is 0 Å². The molecule has 0 aliphatic heterocycles. The fourth-order valence-electron chi connectivity index (χ4n) is 1.32. The van der Waals surface area contributed by atoms with E-state index in [1.807, 2.05) is 13.8 Å². The zero-order valence-corrected chi connectivity index (χ0v) is 10.9. The highest BCUT2D eigenvalue weighted by molar-refractivity contribution is 5.76. The lowest BCUT2D eigenvalue weighted by Crippen LogP contribution is -2.42. The third-order valence-electron chi connectivity index (χ3n) is 3.10. The van der Waals surface area contributed by atoms with Crippen LogP contribution in [0.15, 0.2) is 0 Å². The minimum Gasteiger partial charge on any atom is -0.469 e. The number of carbonyl (C=O) groups is 1. The zero-order chi connectivity index (χ0) is 12.1. The highest BCUT2D eigenvalue weighted by Crippen LogP contribution is 2.17. The van der Waals surface area contributed by atoms with E-state index in [0.717, 1.165) is 6.42 Å². The van der Waals surface area contributed by atoms with E-state index in [1.165, 1.54) is 7.11 Å². The molecule has 0 saturated carbocycles. The number of methoxy groups -OCH3 is 1. The van der Waals surface area contributed by atoms with Crippen LogP contribution in [0.1, 0.15) is 41.0 Å². The van der Waals surface area contributed by atoms with Gasteiger partial charge in [0, 0.05) is 12.6 Å². The van der Waals surface area contributed by atoms with Crippen LogP contribution in [0, 0.1) is 11.3 Å². The molecule has 0 amide bonds. The Morgan fingerprint density at radius 3 is 2.33 bits per heavy atom. The number of ether oxygens (including phenoxy) is 1. The lowest BCUT2D eigenvalue weighted by Gasteiger charge is -2.27. The van der Waals surface area contributed by atoms with Crippen molar-refractivity contribution in [2.75, 3.05) is 13.7 Å². The van der Waals surface area contributed by atoms with Crippen molar-refractivity contribution in [3.8, 4) is 0 Å². The third kappa shape index (κ3) is 4.65. The van der Waals surface area contributed by atoms with Gasteiger partial charge in [0.1, 0.15) is 0 Å². The van der Waals surface area contributed by atoms with Gasteiger partial charge >= 0.3 is 5.97 Å². The molecule has 0 radical (unpaired) electrons. The molecule has 3 nitrogen and oxygen atoms in total. The first kappa shape index (κ1) is 14.4. The van der Waals surface area contributed by atoms with Crippen molar-refractivity contribution >= 4 is 5.97 Å². The van der Waals surface area contributed by atoms with Crippen LogP contribution in [0.25, 0.3) is 0 Å². The molecule has 0 aromatic carbocycles. The summed E-state index contributed by atoms with van der Waals surface area (Å²) in [6.45, 7) is 11.0. The molecule has 2 unspecified atom stereocenters. The lowest BCUT2D eigenvalue weighted by molar-refractivity contribution is -0.150. The van der Waals surface area contributed by atoms with Gasteiger partial charge in [-0.15, -0.1) is 0 Å². The minimum absolute atomic E-state index is 0.161. The predicted molar refractivity (Wildman–Crippen MR) is 62.7 cm³/mol. The molecule has 0 aromatic heterocycles. The maximum Gasteiger partial charge on any atom is 0.312 e. The maximum absolute atomic E-state index is 11.4. The summed E-state index contributed by atoms with van der Waals surface area (Å²) in [7, 11) is 1.43. The van der Waals surface area contributed by atoms with E-state index in [-0.39, 0.29) is 5.97 Å². The maximum atomic E-state index is 11.4. The molecule has 0 bridgehead atoms. The van der Waals surface area contributed by atoms with Gasteiger partial charge in [-0.1, -0.05) is 20.3 Å². The van der Waals surface area contributed by atoms with Gasteiger partial charge in [-0.3, -0.25) is 4.79 Å². The average Bonchev–Trinajstić information content (AvgIpc) is 2.23. The van der Waals surface area contributed by atoms with Gasteiger partial charge in [0.05, 0.1) is 12.5 Å². The molecule has 0 fully saturated rings. The molecule has 0 saturated heterocycles. The summed E-state index contributed by atoms with van der Waals surface area (Å²) in [6.07, 6.45) is 1.15. The molecule has 0 heterocycles. The Kier molecular flexibility index (Phi) is 5.88. The summed E-state index contributed by atoms with van der Waals surface area (Å²) < 4.78 is 4.76. The standard InChI is InChI=1S/C12H25NO2/c1-7-9(2)10(3)13-8-12(4,5)11(14)15-6/h9-10,13H,7-8H2,1-6H3. The first-order valence-electron chi connectivity index (χ1n) is 5.67.